The lowest BCUT2D eigenvalue weighted by atomic mass is 9.96. The number of rotatable bonds is 6. The fourth-order valence-electron chi connectivity index (χ4n) is 3.51. The largest absolute Gasteiger partial charge is 0.365 e. The molecule has 31 heavy (non-hydrogen) atoms. The van der Waals surface area contributed by atoms with Crippen molar-refractivity contribution in [2.24, 2.45) is 5.92 Å². The summed E-state index contributed by atoms with van der Waals surface area (Å²) in [5.41, 5.74) is 0.467. The van der Waals surface area contributed by atoms with Gasteiger partial charge in [-0.1, -0.05) is 11.6 Å². The minimum absolute atomic E-state index is 0.0808. The van der Waals surface area contributed by atoms with Crippen LogP contribution in [0.5, 0.6) is 0 Å². The number of hydrogen-bond acceptors (Lipinski definition) is 6. The lowest BCUT2D eigenvalue weighted by Crippen LogP contribution is -2.41. The first-order chi connectivity index (χ1) is 14.7. The maximum atomic E-state index is 12.7. The van der Waals surface area contributed by atoms with Crippen molar-refractivity contribution in [3.8, 4) is 0 Å². The van der Waals surface area contributed by atoms with Crippen LogP contribution >= 0.6 is 11.6 Å². The summed E-state index contributed by atoms with van der Waals surface area (Å²) >= 11 is 5.82. The molecule has 3 rings (SSSR count). The quantitative estimate of drug-likeness (QED) is 0.517. The van der Waals surface area contributed by atoms with Crippen molar-refractivity contribution in [1.82, 2.24) is 10.3 Å². The van der Waals surface area contributed by atoms with Crippen molar-refractivity contribution in [2.75, 3.05) is 23.3 Å². The van der Waals surface area contributed by atoms with Crippen LogP contribution in [0, 0.1) is 16.0 Å². The number of nitro groups is 1. The molecule has 164 valence electrons. The van der Waals surface area contributed by atoms with Crippen LogP contribution in [0.3, 0.4) is 0 Å². The van der Waals surface area contributed by atoms with Gasteiger partial charge in [-0.15, -0.1) is 0 Å². The molecule has 1 fully saturated rings. The zero-order valence-electron chi connectivity index (χ0n) is 17.3. The number of nitrogens with one attached hydrogen (secondary N) is 2. The number of hydrogen-bond donors (Lipinski definition) is 2. The number of carbonyl (C=O) groups is 2. The van der Waals surface area contributed by atoms with Crippen LogP contribution < -0.4 is 15.5 Å². The maximum Gasteiger partial charge on any atom is 0.293 e. The van der Waals surface area contributed by atoms with Gasteiger partial charge in [0.05, 0.1) is 15.9 Å². The molecular formula is C21H24ClN5O4. The van der Waals surface area contributed by atoms with Crippen LogP contribution in [0.15, 0.2) is 36.5 Å². The average Bonchev–Trinajstić information content (AvgIpc) is 2.74. The smallest absolute Gasteiger partial charge is 0.293 e. The summed E-state index contributed by atoms with van der Waals surface area (Å²) in [4.78, 5) is 42.0. The Kier molecular flexibility index (Phi) is 7.06. The SMILES string of the molecule is CC(C)NC(=O)c1ccc(N2CCCC(C(=O)Nc3ccc(Cl)cn3)C2)c([N+](=O)[O-])c1. The van der Waals surface area contributed by atoms with Gasteiger partial charge in [0.25, 0.3) is 11.6 Å². The summed E-state index contributed by atoms with van der Waals surface area (Å²) in [5, 5.41) is 17.7. The first kappa shape index (κ1) is 22.5. The number of pyridine rings is 1. The van der Waals surface area contributed by atoms with E-state index in [-0.39, 0.29) is 35.0 Å². The monoisotopic (exact) mass is 445 g/mol. The summed E-state index contributed by atoms with van der Waals surface area (Å²) in [7, 11) is 0. The van der Waals surface area contributed by atoms with E-state index in [2.05, 4.69) is 15.6 Å². The molecule has 0 radical (unpaired) electrons. The second kappa shape index (κ2) is 9.74. The van der Waals surface area contributed by atoms with Gasteiger partial charge in [0.15, 0.2) is 0 Å². The Labute approximate surface area is 184 Å². The summed E-state index contributed by atoms with van der Waals surface area (Å²) in [5.74, 6) is -0.515. The van der Waals surface area contributed by atoms with E-state index in [1.807, 2.05) is 18.7 Å². The molecule has 10 heteroatoms. The number of anilines is 2. The van der Waals surface area contributed by atoms with Gasteiger partial charge in [0, 0.05) is 37.0 Å². The van der Waals surface area contributed by atoms with Crippen molar-refractivity contribution in [2.45, 2.75) is 32.7 Å². The number of aromatic nitrogens is 1. The molecule has 2 N–H and O–H groups in total. The third-order valence-electron chi connectivity index (χ3n) is 4.97. The van der Waals surface area contributed by atoms with Gasteiger partial charge in [-0.05, 0) is 51.0 Å². The van der Waals surface area contributed by atoms with Gasteiger partial charge < -0.3 is 15.5 Å². The van der Waals surface area contributed by atoms with Gasteiger partial charge in [-0.25, -0.2) is 4.98 Å². The van der Waals surface area contributed by atoms with Gasteiger partial charge in [0.1, 0.15) is 11.5 Å². The van der Waals surface area contributed by atoms with E-state index in [0.717, 1.165) is 0 Å². The Morgan fingerprint density at radius 3 is 2.71 bits per heavy atom. The molecule has 0 saturated carbocycles. The van der Waals surface area contributed by atoms with Crippen LogP contribution in [-0.2, 0) is 4.79 Å². The number of piperidine rings is 1. The molecule has 2 heterocycles. The zero-order chi connectivity index (χ0) is 22.5. The maximum absolute atomic E-state index is 12.7. The Morgan fingerprint density at radius 2 is 2.06 bits per heavy atom. The van der Waals surface area contributed by atoms with E-state index in [4.69, 9.17) is 11.6 Å². The predicted octanol–water partition coefficient (Wildman–Crippen LogP) is 3.64. The lowest BCUT2D eigenvalue weighted by molar-refractivity contribution is -0.384. The molecule has 1 aromatic heterocycles. The van der Waals surface area contributed by atoms with E-state index in [0.29, 0.717) is 42.5 Å². The zero-order valence-corrected chi connectivity index (χ0v) is 18.1. The number of carbonyl (C=O) groups excluding carboxylic acids is 2. The second-order valence-corrected chi connectivity index (χ2v) is 8.16. The van der Waals surface area contributed by atoms with Crippen molar-refractivity contribution in [3.63, 3.8) is 0 Å². The highest BCUT2D eigenvalue weighted by Crippen LogP contribution is 2.33. The van der Waals surface area contributed by atoms with E-state index >= 15 is 0 Å². The fourth-order valence-corrected chi connectivity index (χ4v) is 3.62. The van der Waals surface area contributed by atoms with E-state index in [1.54, 1.807) is 24.3 Å². The van der Waals surface area contributed by atoms with Crippen molar-refractivity contribution >= 4 is 40.6 Å². The number of nitro benzene ring substituents is 1. The molecule has 1 unspecified atom stereocenters. The van der Waals surface area contributed by atoms with Crippen LogP contribution in [0.1, 0.15) is 37.0 Å². The third-order valence-corrected chi connectivity index (χ3v) is 5.19. The highest BCUT2D eigenvalue weighted by Gasteiger charge is 2.30. The minimum Gasteiger partial charge on any atom is -0.365 e. The van der Waals surface area contributed by atoms with Gasteiger partial charge in [0.2, 0.25) is 5.91 Å². The highest BCUT2D eigenvalue weighted by atomic mass is 35.5. The molecule has 1 aromatic carbocycles. The van der Waals surface area contributed by atoms with Gasteiger partial charge in [-0.2, -0.15) is 0 Å². The van der Waals surface area contributed by atoms with Crippen molar-refractivity contribution in [3.05, 3.63) is 57.2 Å². The molecule has 2 aromatic rings. The minimum atomic E-state index is -0.497. The van der Waals surface area contributed by atoms with E-state index in [1.165, 1.54) is 12.3 Å². The van der Waals surface area contributed by atoms with Crippen LogP contribution in [0.4, 0.5) is 17.2 Å². The standard InChI is InChI=1S/C21H24ClN5O4/c1-13(2)24-20(28)14-5-7-17(18(10-14)27(30)31)26-9-3-4-15(12-26)21(29)25-19-8-6-16(22)11-23-19/h5-8,10-11,13,15H,3-4,9,12H2,1-2H3,(H,24,28)(H,23,25,29). The van der Waals surface area contributed by atoms with E-state index < -0.39 is 4.92 Å². The van der Waals surface area contributed by atoms with Gasteiger partial charge >= 0.3 is 0 Å². The van der Waals surface area contributed by atoms with E-state index in [9.17, 15) is 19.7 Å². The summed E-state index contributed by atoms with van der Waals surface area (Å²) in [6.45, 7) is 4.55. The molecule has 2 amide bonds. The predicted molar refractivity (Wildman–Crippen MR) is 119 cm³/mol. The van der Waals surface area contributed by atoms with Crippen LogP contribution in [0.25, 0.3) is 0 Å². The molecule has 1 aliphatic rings. The van der Waals surface area contributed by atoms with Crippen LogP contribution in [-0.4, -0.2) is 40.9 Å². The Bertz CT molecular complexity index is 980. The lowest BCUT2D eigenvalue weighted by Gasteiger charge is -2.33. The van der Waals surface area contributed by atoms with Crippen molar-refractivity contribution < 1.29 is 14.5 Å². The molecule has 0 aliphatic carbocycles. The fraction of sp³-hybridized carbons (Fsp3) is 0.381. The summed E-state index contributed by atoms with van der Waals surface area (Å²) in [6.07, 6.45) is 2.82. The molecule has 1 saturated heterocycles. The number of amides is 2. The topological polar surface area (TPSA) is 117 Å². The molecule has 1 aliphatic heterocycles. The normalized spacial score (nSPS) is 16.1. The number of benzene rings is 1. The molecule has 0 spiro atoms. The Morgan fingerprint density at radius 1 is 1.29 bits per heavy atom. The van der Waals surface area contributed by atoms with Crippen molar-refractivity contribution in [1.29, 1.82) is 0 Å². The first-order valence-electron chi connectivity index (χ1n) is 10.0. The second-order valence-electron chi connectivity index (χ2n) is 7.72. The molecule has 0 bridgehead atoms. The number of nitrogens with zero attached hydrogens (tertiary/aromatic N) is 3. The first-order valence-corrected chi connectivity index (χ1v) is 10.4. The third kappa shape index (κ3) is 5.69. The summed E-state index contributed by atoms with van der Waals surface area (Å²) < 4.78 is 0. The average molecular weight is 446 g/mol. The van der Waals surface area contributed by atoms with Gasteiger partial charge in [-0.3, -0.25) is 19.7 Å². The highest BCUT2D eigenvalue weighted by molar-refractivity contribution is 6.30. The Hall–Kier alpha value is -3.20. The van der Waals surface area contributed by atoms with Crippen LogP contribution in [0.2, 0.25) is 5.02 Å². The molecule has 9 nitrogen and oxygen atoms in total. The molecular weight excluding hydrogens is 422 g/mol. The number of halogens is 1. The summed E-state index contributed by atoms with van der Waals surface area (Å²) in [6, 6.07) is 7.61. The molecule has 1 atom stereocenters. The Balaban J connectivity index is 1.77.